The second kappa shape index (κ2) is 5.16. The smallest absolute Gasteiger partial charge is 0.254 e. The Balaban J connectivity index is 2.10. The molecule has 1 amide bonds. The lowest BCUT2D eigenvalue weighted by Crippen LogP contribution is -2.31. The lowest BCUT2D eigenvalue weighted by molar-refractivity contribution is -0.126. The molecule has 1 aliphatic rings. The van der Waals surface area contributed by atoms with Crippen molar-refractivity contribution in [2.24, 2.45) is 5.92 Å². The van der Waals surface area contributed by atoms with E-state index in [1.54, 1.807) is 0 Å². The van der Waals surface area contributed by atoms with E-state index in [2.05, 4.69) is 15.3 Å². The van der Waals surface area contributed by atoms with Crippen molar-refractivity contribution in [3.05, 3.63) is 16.5 Å². The Kier molecular flexibility index (Phi) is 3.81. The predicted molar refractivity (Wildman–Crippen MR) is 64.2 cm³/mol. The van der Waals surface area contributed by atoms with Crippen LogP contribution in [0.2, 0.25) is 10.2 Å². The van der Waals surface area contributed by atoms with Crippen LogP contribution in [0.25, 0.3) is 0 Å². The van der Waals surface area contributed by atoms with E-state index in [1.165, 1.54) is 6.33 Å². The molecule has 92 valence electrons. The molecular formula is C10H11Cl2N3O2. The molecule has 2 unspecified atom stereocenters. The minimum atomic E-state index is -0.459. The molecule has 0 spiro atoms. The molecule has 1 N–H and O–H groups in total. The Morgan fingerprint density at radius 3 is 2.94 bits per heavy atom. The van der Waals surface area contributed by atoms with Crippen molar-refractivity contribution in [2.75, 3.05) is 11.9 Å². The van der Waals surface area contributed by atoms with Gasteiger partial charge in [0.25, 0.3) is 5.91 Å². The lowest BCUT2D eigenvalue weighted by Gasteiger charge is -2.14. The summed E-state index contributed by atoms with van der Waals surface area (Å²) in [7, 11) is 0. The van der Waals surface area contributed by atoms with Gasteiger partial charge in [0.15, 0.2) is 11.0 Å². The molecule has 7 heteroatoms. The molecule has 0 aromatic carbocycles. The maximum absolute atomic E-state index is 11.9. The van der Waals surface area contributed by atoms with Gasteiger partial charge in [-0.2, -0.15) is 0 Å². The van der Waals surface area contributed by atoms with Gasteiger partial charge < -0.3 is 10.1 Å². The molecule has 17 heavy (non-hydrogen) atoms. The van der Waals surface area contributed by atoms with Gasteiger partial charge in [-0.05, 0) is 12.3 Å². The van der Waals surface area contributed by atoms with E-state index in [1.807, 2.05) is 6.92 Å². The van der Waals surface area contributed by atoms with Crippen LogP contribution >= 0.6 is 23.2 Å². The SMILES string of the molecule is CC1CCOC1C(=O)Nc1ncnc(Cl)c1Cl. The van der Waals surface area contributed by atoms with Crippen molar-refractivity contribution in [2.45, 2.75) is 19.4 Å². The standard InChI is InChI=1S/C10H11Cl2N3O2/c1-5-2-3-17-7(5)10(16)15-9-6(11)8(12)13-4-14-9/h4-5,7H,2-3H2,1H3,(H,13,14,15,16). The van der Waals surface area contributed by atoms with Crippen molar-refractivity contribution in [3.63, 3.8) is 0 Å². The van der Waals surface area contributed by atoms with E-state index >= 15 is 0 Å². The predicted octanol–water partition coefficient (Wildman–Crippen LogP) is 2.15. The van der Waals surface area contributed by atoms with Crippen LogP contribution in [0.1, 0.15) is 13.3 Å². The molecule has 1 fully saturated rings. The third kappa shape index (κ3) is 2.68. The number of hydrogen-bond donors (Lipinski definition) is 1. The van der Waals surface area contributed by atoms with Gasteiger partial charge in [-0.25, -0.2) is 9.97 Å². The molecule has 0 radical (unpaired) electrons. The van der Waals surface area contributed by atoms with E-state index in [-0.39, 0.29) is 27.8 Å². The monoisotopic (exact) mass is 275 g/mol. The third-order valence-corrected chi connectivity index (χ3v) is 3.38. The second-order valence-electron chi connectivity index (χ2n) is 3.87. The van der Waals surface area contributed by atoms with Crippen LogP contribution in [-0.4, -0.2) is 28.6 Å². The number of nitrogens with zero attached hydrogens (tertiary/aromatic N) is 2. The van der Waals surface area contributed by atoms with Crippen molar-refractivity contribution >= 4 is 34.9 Å². The maximum Gasteiger partial charge on any atom is 0.254 e. The van der Waals surface area contributed by atoms with Crippen LogP contribution in [0.4, 0.5) is 5.82 Å². The van der Waals surface area contributed by atoms with Gasteiger partial charge in [-0.3, -0.25) is 4.79 Å². The highest BCUT2D eigenvalue weighted by Gasteiger charge is 2.31. The lowest BCUT2D eigenvalue weighted by atomic mass is 10.0. The van der Waals surface area contributed by atoms with Gasteiger partial charge in [0.1, 0.15) is 17.5 Å². The highest BCUT2D eigenvalue weighted by molar-refractivity contribution is 6.42. The zero-order valence-corrected chi connectivity index (χ0v) is 10.6. The summed E-state index contributed by atoms with van der Waals surface area (Å²) in [6, 6.07) is 0. The van der Waals surface area contributed by atoms with Gasteiger partial charge in [0.2, 0.25) is 0 Å². The number of aromatic nitrogens is 2. The number of ether oxygens (including phenoxy) is 1. The summed E-state index contributed by atoms with van der Waals surface area (Å²) in [6.07, 6.45) is 1.65. The Morgan fingerprint density at radius 1 is 1.53 bits per heavy atom. The van der Waals surface area contributed by atoms with Crippen molar-refractivity contribution in [1.29, 1.82) is 0 Å². The normalized spacial score (nSPS) is 23.7. The fourth-order valence-corrected chi connectivity index (χ4v) is 1.93. The van der Waals surface area contributed by atoms with E-state index < -0.39 is 6.10 Å². The van der Waals surface area contributed by atoms with Crippen molar-refractivity contribution in [3.8, 4) is 0 Å². The topological polar surface area (TPSA) is 64.1 Å². The quantitative estimate of drug-likeness (QED) is 0.840. The first-order valence-electron chi connectivity index (χ1n) is 5.18. The molecule has 1 saturated heterocycles. The zero-order valence-electron chi connectivity index (χ0n) is 9.11. The molecule has 0 bridgehead atoms. The largest absolute Gasteiger partial charge is 0.368 e. The molecule has 2 atom stereocenters. The van der Waals surface area contributed by atoms with E-state index in [0.717, 1.165) is 6.42 Å². The fraction of sp³-hybridized carbons (Fsp3) is 0.500. The van der Waals surface area contributed by atoms with Crippen LogP contribution in [0, 0.1) is 5.92 Å². The number of amides is 1. The minimum absolute atomic E-state index is 0.109. The van der Waals surface area contributed by atoms with E-state index in [9.17, 15) is 4.79 Å². The minimum Gasteiger partial charge on any atom is -0.368 e. The first-order valence-corrected chi connectivity index (χ1v) is 5.93. The Bertz CT molecular complexity index is 442. The van der Waals surface area contributed by atoms with Gasteiger partial charge >= 0.3 is 0 Å². The zero-order chi connectivity index (χ0) is 12.4. The Labute approximate surface area is 108 Å². The first kappa shape index (κ1) is 12.5. The molecule has 0 aliphatic carbocycles. The summed E-state index contributed by atoms with van der Waals surface area (Å²) in [5.41, 5.74) is 0. The number of hydrogen-bond acceptors (Lipinski definition) is 4. The summed E-state index contributed by atoms with van der Waals surface area (Å²) in [5, 5.41) is 2.83. The summed E-state index contributed by atoms with van der Waals surface area (Å²) in [6.45, 7) is 2.56. The van der Waals surface area contributed by atoms with Gasteiger partial charge in [0, 0.05) is 6.61 Å². The summed E-state index contributed by atoms with van der Waals surface area (Å²) in [4.78, 5) is 19.4. The maximum atomic E-state index is 11.9. The van der Waals surface area contributed by atoms with E-state index in [0.29, 0.717) is 6.61 Å². The van der Waals surface area contributed by atoms with E-state index in [4.69, 9.17) is 27.9 Å². The number of nitrogens with one attached hydrogen (secondary N) is 1. The summed E-state index contributed by atoms with van der Waals surface area (Å²) >= 11 is 11.6. The molecule has 1 aliphatic heterocycles. The second-order valence-corrected chi connectivity index (χ2v) is 4.61. The number of carbonyl (C=O) groups excluding carboxylic acids is 1. The van der Waals surface area contributed by atoms with Crippen LogP contribution in [0.5, 0.6) is 0 Å². The van der Waals surface area contributed by atoms with Crippen LogP contribution < -0.4 is 5.32 Å². The van der Waals surface area contributed by atoms with Crippen LogP contribution in [-0.2, 0) is 9.53 Å². The van der Waals surface area contributed by atoms with Gasteiger partial charge in [-0.1, -0.05) is 30.1 Å². The number of rotatable bonds is 2. The summed E-state index contributed by atoms with van der Waals surface area (Å²) < 4.78 is 5.34. The first-order chi connectivity index (χ1) is 8.09. The molecule has 0 saturated carbocycles. The molecule has 5 nitrogen and oxygen atoms in total. The average molecular weight is 276 g/mol. The fourth-order valence-electron chi connectivity index (χ4n) is 1.65. The average Bonchev–Trinajstić information content (AvgIpc) is 2.71. The molecule has 1 aromatic heterocycles. The van der Waals surface area contributed by atoms with Gasteiger partial charge in [0.05, 0.1) is 0 Å². The molecule has 1 aromatic rings. The van der Waals surface area contributed by atoms with Crippen molar-refractivity contribution < 1.29 is 9.53 Å². The number of anilines is 1. The third-order valence-electron chi connectivity index (χ3n) is 2.63. The van der Waals surface area contributed by atoms with Crippen LogP contribution in [0.3, 0.4) is 0 Å². The number of halogens is 2. The van der Waals surface area contributed by atoms with Crippen molar-refractivity contribution in [1.82, 2.24) is 9.97 Å². The highest BCUT2D eigenvalue weighted by Crippen LogP contribution is 2.27. The van der Waals surface area contributed by atoms with Crippen LogP contribution in [0.15, 0.2) is 6.33 Å². The summed E-state index contributed by atoms with van der Waals surface area (Å²) in [5.74, 6) is 0.136. The van der Waals surface area contributed by atoms with Gasteiger partial charge in [-0.15, -0.1) is 0 Å². The Hall–Kier alpha value is -0.910. The highest BCUT2D eigenvalue weighted by atomic mass is 35.5. The molecular weight excluding hydrogens is 265 g/mol. The Morgan fingerprint density at radius 2 is 2.29 bits per heavy atom. The molecule has 2 rings (SSSR count). The number of carbonyl (C=O) groups is 1. The molecule has 2 heterocycles.